The first-order chi connectivity index (χ1) is 11.5. The lowest BCUT2D eigenvalue weighted by Crippen LogP contribution is -2.49. The fourth-order valence-electron chi connectivity index (χ4n) is 3.06. The molecule has 130 valence electrons. The fourth-order valence-corrected chi connectivity index (χ4v) is 3.06. The molecule has 3 amide bonds. The Morgan fingerprint density at radius 1 is 1.29 bits per heavy atom. The molecule has 1 saturated heterocycles. The van der Waals surface area contributed by atoms with Crippen molar-refractivity contribution in [3.8, 4) is 0 Å². The Bertz CT molecular complexity index is 618. The van der Waals surface area contributed by atoms with Gasteiger partial charge in [-0.05, 0) is 50.3 Å². The molecule has 0 aromatic heterocycles. The normalized spacial score (nSPS) is 21.9. The second kappa shape index (κ2) is 7.20. The van der Waals surface area contributed by atoms with E-state index in [0.717, 1.165) is 31.2 Å². The summed E-state index contributed by atoms with van der Waals surface area (Å²) in [7, 11) is 0. The van der Waals surface area contributed by atoms with Gasteiger partial charge < -0.3 is 15.5 Å². The van der Waals surface area contributed by atoms with Gasteiger partial charge in [-0.2, -0.15) is 0 Å². The molecule has 0 bridgehead atoms. The molecule has 1 aromatic rings. The van der Waals surface area contributed by atoms with Crippen molar-refractivity contribution in [2.45, 2.75) is 44.7 Å². The smallest absolute Gasteiger partial charge is 0.317 e. The maximum Gasteiger partial charge on any atom is 0.317 e. The average Bonchev–Trinajstić information content (AvgIpc) is 3.39. The largest absolute Gasteiger partial charge is 0.353 e. The number of urea groups is 1. The van der Waals surface area contributed by atoms with Crippen LogP contribution in [0.3, 0.4) is 0 Å². The first kappa shape index (κ1) is 16.7. The summed E-state index contributed by atoms with van der Waals surface area (Å²) in [6.07, 6.45) is 3.77. The monoisotopic (exact) mass is 333 g/mol. The van der Waals surface area contributed by atoms with Crippen molar-refractivity contribution in [3.05, 3.63) is 35.6 Å². The highest BCUT2D eigenvalue weighted by Gasteiger charge is 2.32. The summed E-state index contributed by atoms with van der Waals surface area (Å²) in [4.78, 5) is 26.3. The van der Waals surface area contributed by atoms with Crippen LogP contribution in [0.1, 0.15) is 44.2 Å². The molecule has 1 heterocycles. The molecule has 1 aliphatic carbocycles. The van der Waals surface area contributed by atoms with Gasteiger partial charge in [-0.3, -0.25) is 4.79 Å². The molecule has 5 nitrogen and oxygen atoms in total. The zero-order valence-electron chi connectivity index (χ0n) is 13.9. The molecular formula is C18H24FN3O2. The zero-order valence-corrected chi connectivity index (χ0v) is 13.9. The molecule has 1 aromatic carbocycles. The highest BCUT2D eigenvalue weighted by molar-refractivity contribution is 5.81. The molecule has 2 unspecified atom stereocenters. The number of hydrogen-bond donors (Lipinski definition) is 2. The lowest BCUT2D eigenvalue weighted by Gasteiger charge is -2.33. The Labute approximate surface area is 141 Å². The minimum absolute atomic E-state index is 0.0631. The number of amides is 3. The quantitative estimate of drug-likeness (QED) is 0.890. The van der Waals surface area contributed by atoms with E-state index in [1.54, 1.807) is 17.0 Å². The first-order valence-electron chi connectivity index (χ1n) is 8.64. The van der Waals surface area contributed by atoms with Crippen LogP contribution in [0, 0.1) is 11.7 Å². The number of rotatable bonds is 4. The van der Waals surface area contributed by atoms with Crippen molar-refractivity contribution in [2.75, 3.05) is 13.1 Å². The van der Waals surface area contributed by atoms with Crippen LogP contribution in [-0.2, 0) is 4.79 Å². The highest BCUT2D eigenvalue weighted by atomic mass is 19.1. The van der Waals surface area contributed by atoms with E-state index < -0.39 is 0 Å². The number of benzene rings is 1. The Kier molecular flexibility index (Phi) is 5.02. The minimum atomic E-state index is -0.316. The van der Waals surface area contributed by atoms with Gasteiger partial charge in [0.1, 0.15) is 5.82 Å². The summed E-state index contributed by atoms with van der Waals surface area (Å²) in [6.45, 7) is 2.92. The maximum absolute atomic E-state index is 13.3. The SMILES string of the molecule is CC(NC(=O)N1CCCC(C(=O)NC2CC2)C1)c1cccc(F)c1. The number of halogens is 1. The molecular weight excluding hydrogens is 309 g/mol. The van der Waals surface area contributed by atoms with Crippen LogP contribution < -0.4 is 10.6 Å². The van der Waals surface area contributed by atoms with Gasteiger partial charge in [-0.15, -0.1) is 0 Å². The summed E-state index contributed by atoms with van der Waals surface area (Å²) in [5, 5.41) is 5.91. The molecule has 2 N–H and O–H groups in total. The highest BCUT2D eigenvalue weighted by Crippen LogP contribution is 2.22. The lowest BCUT2D eigenvalue weighted by molar-refractivity contribution is -0.126. The predicted molar refractivity (Wildman–Crippen MR) is 88.8 cm³/mol. The third kappa shape index (κ3) is 4.24. The van der Waals surface area contributed by atoms with Gasteiger partial charge in [0.2, 0.25) is 5.91 Å². The average molecular weight is 333 g/mol. The Balaban J connectivity index is 1.54. The van der Waals surface area contributed by atoms with Crippen molar-refractivity contribution in [1.82, 2.24) is 15.5 Å². The van der Waals surface area contributed by atoms with Crippen molar-refractivity contribution < 1.29 is 14.0 Å². The van der Waals surface area contributed by atoms with E-state index >= 15 is 0 Å². The predicted octanol–water partition coefficient (Wildman–Crippen LogP) is 2.59. The van der Waals surface area contributed by atoms with Crippen LogP contribution in [0.2, 0.25) is 0 Å². The fraction of sp³-hybridized carbons (Fsp3) is 0.556. The number of carbonyl (C=O) groups is 2. The molecule has 0 radical (unpaired) electrons. The van der Waals surface area contributed by atoms with Gasteiger partial charge in [-0.25, -0.2) is 9.18 Å². The molecule has 2 atom stereocenters. The summed E-state index contributed by atoms with van der Waals surface area (Å²) >= 11 is 0. The van der Waals surface area contributed by atoms with E-state index in [2.05, 4.69) is 10.6 Å². The van der Waals surface area contributed by atoms with E-state index in [4.69, 9.17) is 0 Å². The summed E-state index contributed by atoms with van der Waals surface area (Å²) in [6, 6.07) is 6.08. The summed E-state index contributed by atoms with van der Waals surface area (Å²) in [5.41, 5.74) is 0.725. The van der Waals surface area contributed by atoms with Gasteiger partial charge in [0, 0.05) is 19.1 Å². The van der Waals surface area contributed by atoms with Crippen molar-refractivity contribution in [1.29, 1.82) is 0 Å². The first-order valence-corrected chi connectivity index (χ1v) is 8.64. The molecule has 2 fully saturated rings. The molecule has 6 heteroatoms. The van der Waals surface area contributed by atoms with Gasteiger partial charge >= 0.3 is 6.03 Å². The Hall–Kier alpha value is -2.11. The second-order valence-corrected chi connectivity index (χ2v) is 6.79. The molecule has 0 spiro atoms. The number of nitrogens with one attached hydrogen (secondary N) is 2. The summed E-state index contributed by atoms with van der Waals surface area (Å²) < 4.78 is 13.3. The lowest BCUT2D eigenvalue weighted by atomic mass is 9.97. The molecule has 2 aliphatic rings. The number of nitrogens with zero attached hydrogens (tertiary/aromatic N) is 1. The van der Waals surface area contributed by atoms with Gasteiger partial charge in [0.15, 0.2) is 0 Å². The maximum atomic E-state index is 13.3. The minimum Gasteiger partial charge on any atom is -0.353 e. The van der Waals surface area contributed by atoms with E-state index in [1.165, 1.54) is 12.1 Å². The van der Waals surface area contributed by atoms with Crippen LogP contribution >= 0.6 is 0 Å². The number of hydrogen-bond acceptors (Lipinski definition) is 2. The topological polar surface area (TPSA) is 61.4 Å². The van der Waals surface area contributed by atoms with Crippen LogP contribution in [0.4, 0.5) is 9.18 Å². The van der Waals surface area contributed by atoms with E-state index in [1.807, 2.05) is 6.92 Å². The second-order valence-electron chi connectivity index (χ2n) is 6.79. The number of piperidine rings is 1. The standard InChI is InChI=1S/C18H24FN3O2/c1-12(13-4-2-6-15(19)10-13)20-18(24)22-9-3-5-14(11-22)17(23)21-16-7-8-16/h2,4,6,10,12,14,16H,3,5,7-9,11H2,1H3,(H,20,24)(H,21,23). The third-order valence-corrected chi connectivity index (χ3v) is 4.69. The number of likely N-dealkylation sites (tertiary alicyclic amines) is 1. The van der Waals surface area contributed by atoms with E-state index in [-0.39, 0.29) is 29.7 Å². The Morgan fingerprint density at radius 2 is 2.08 bits per heavy atom. The van der Waals surface area contributed by atoms with E-state index in [9.17, 15) is 14.0 Å². The van der Waals surface area contributed by atoms with E-state index in [0.29, 0.717) is 19.1 Å². The van der Waals surface area contributed by atoms with Gasteiger partial charge in [0.25, 0.3) is 0 Å². The third-order valence-electron chi connectivity index (χ3n) is 4.69. The van der Waals surface area contributed by atoms with Gasteiger partial charge in [-0.1, -0.05) is 12.1 Å². The van der Waals surface area contributed by atoms with Crippen molar-refractivity contribution in [2.24, 2.45) is 5.92 Å². The number of carbonyl (C=O) groups excluding carboxylic acids is 2. The molecule has 24 heavy (non-hydrogen) atoms. The van der Waals surface area contributed by atoms with Crippen LogP contribution in [0.5, 0.6) is 0 Å². The van der Waals surface area contributed by atoms with Crippen LogP contribution in [0.15, 0.2) is 24.3 Å². The molecule has 1 aliphatic heterocycles. The molecule has 3 rings (SSSR count). The van der Waals surface area contributed by atoms with Crippen LogP contribution in [0.25, 0.3) is 0 Å². The Morgan fingerprint density at radius 3 is 2.79 bits per heavy atom. The van der Waals surface area contributed by atoms with Crippen molar-refractivity contribution >= 4 is 11.9 Å². The van der Waals surface area contributed by atoms with Gasteiger partial charge in [0.05, 0.1) is 12.0 Å². The zero-order chi connectivity index (χ0) is 17.1. The van der Waals surface area contributed by atoms with Crippen molar-refractivity contribution in [3.63, 3.8) is 0 Å². The van der Waals surface area contributed by atoms with Crippen LogP contribution in [-0.4, -0.2) is 36.0 Å². The summed E-state index contributed by atoms with van der Waals surface area (Å²) in [5.74, 6) is -0.383. The molecule has 1 saturated carbocycles.